The van der Waals surface area contributed by atoms with E-state index in [0.29, 0.717) is 0 Å². The smallest absolute Gasteiger partial charge is 0.0271 e. The maximum atomic E-state index is 4.05. The summed E-state index contributed by atoms with van der Waals surface area (Å²) in [6.07, 6.45) is 6.46. The van der Waals surface area contributed by atoms with E-state index in [1.54, 1.807) is 0 Å². The first kappa shape index (κ1) is 11.6. The van der Waals surface area contributed by atoms with Crippen molar-refractivity contribution in [3.05, 3.63) is 30.1 Å². The minimum absolute atomic E-state index is 0.820. The predicted molar refractivity (Wildman–Crippen MR) is 66.2 cm³/mol. The zero-order valence-corrected chi connectivity index (χ0v) is 10.0. The first-order chi connectivity index (χ1) is 7.88. The lowest BCUT2D eigenvalue weighted by Crippen LogP contribution is -2.38. The lowest BCUT2D eigenvalue weighted by atomic mass is 9.97. The molecule has 2 rings (SSSR count). The highest BCUT2D eigenvalue weighted by Crippen LogP contribution is 2.17. The van der Waals surface area contributed by atoms with Gasteiger partial charge in [-0.1, -0.05) is 0 Å². The van der Waals surface area contributed by atoms with Crippen LogP contribution in [-0.4, -0.2) is 36.6 Å². The summed E-state index contributed by atoms with van der Waals surface area (Å²) >= 11 is 0. The molecule has 16 heavy (non-hydrogen) atoms. The maximum Gasteiger partial charge on any atom is 0.0271 e. The van der Waals surface area contributed by atoms with Gasteiger partial charge in [0.05, 0.1) is 0 Å². The Kier molecular flexibility index (Phi) is 4.31. The summed E-state index contributed by atoms with van der Waals surface area (Å²) in [4.78, 5) is 6.61. The molecule has 3 nitrogen and oxygen atoms in total. The van der Waals surface area contributed by atoms with E-state index >= 15 is 0 Å². The van der Waals surface area contributed by atoms with Crippen molar-refractivity contribution in [2.75, 3.05) is 26.7 Å². The molecule has 0 bridgehead atoms. The fourth-order valence-electron chi connectivity index (χ4n) is 2.50. The third kappa shape index (κ3) is 3.29. The van der Waals surface area contributed by atoms with Gasteiger partial charge in [0.15, 0.2) is 0 Å². The van der Waals surface area contributed by atoms with Crippen molar-refractivity contribution in [1.82, 2.24) is 15.2 Å². The minimum Gasteiger partial charge on any atom is -0.319 e. The first-order valence-electron chi connectivity index (χ1n) is 6.14. The number of nitrogens with one attached hydrogen (secondary N) is 1. The summed E-state index contributed by atoms with van der Waals surface area (Å²) in [6, 6.07) is 4.23. The Hall–Kier alpha value is -0.930. The van der Waals surface area contributed by atoms with Crippen molar-refractivity contribution in [2.24, 2.45) is 5.92 Å². The standard InChI is InChI=1S/C13H21N3/c1-14-9-13-3-2-8-16(11-13)10-12-4-6-15-7-5-12/h4-7,13-14H,2-3,8-11H2,1H3. The summed E-state index contributed by atoms with van der Waals surface area (Å²) < 4.78 is 0. The van der Waals surface area contributed by atoms with Crippen LogP contribution in [0.4, 0.5) is 0 Å². The molecule has 1 atom stereocenters. The summed E-state index contributed by atoms with van der Waals surface area (Å²) in [6.45, 7) is 4.68. The van der Waals surface area contributed by atoms with Gasteiger partial charge in [-0.25, -0.2) is 0 Å². The van der Waals surface area contributed by atoms with Gasteiger partial charge in [-0.15, -0.1) is 0 Å². The molecule has 0 spiro atoms. The molecule has 0 aliphatic carbocycles. The quantitative estimate of drug-likeness (QED) is 0.832. The molecule has 1 aliphatic rings. The molecule has 0 radical (unpaired) electrons. The molecule has 0 saturated carbocycles. The monoisotopic (exact) mass is 219 g/mol. The van der Waals surface area contributed by atoms with Gasteiger partial charge in [-0.2, -0.15) is 0 Å². The largest absolute Gasteiger partial charge is 0.319 e. The zero-order chi connectivity index (χ0) is 11.2. The Morgan fingerprint density at radius 1 is 1.44 bits per heavy atom. The summed E-state index contributed by atoms with van der Waals surface area (Å²) in [5.74, 6) is 0.820. The van der Waals surface area contributed by atoms with Gasteiger partial charge in [0.2, 0.25) is 0 Å². The van der Waals surface area contributed by atoms with E-state index in [4.69, 9.17) is 0 Å². The van der Waals surface area contributed by atoms with Crippen LogP contribution in [0.1, 0.15) is 18.4 Å². The van der Waals surface area contributed by atoms with E-state index in [-0.39, 0.29) is 0 Å². The van der Waals surface area contributed by atoms with E-state index in [1.165, 1.54) is 31.5 Å². The second-order valence-corrected chi connectivity index (χ2v) is 4.66. The molecule has 88 valence electrons. The van der Waals surface area contributed by atoms with Crippen molar-refractivity contribution < 1.29 is 0 Å². The number of nitrogens with zero attached hydrogens (tertiary/aromatic N) is 2. The second kappa shape index (κ2) is 5.97. The molecule has 0 amide bonds. The van der Waals surface area contributed by atoms with Gasteiger partial charge in [-0.3, -0.25) is 9.88 Å². The number of pyridine rings is 1. The van der Waals surface area contributed by atoms with E-state index in [1.807, 2.05) is 19.4 Å². The number of rotatable bonds is 4. The Balaban J connectivity index is 1.85. The molecular weight excluding hydrogens is 198 g/mol. The molecule has 1 saturated heterocycles. The van der Waals surface area contributed by atoms with Gasteiger partial charge in [0.25, 0.3) is 0 Å². The Bertz CT molecular complexity index is 297. The average Bonchev–Trinajstić information content (AvgIpc) is 2.31. The van der Waals surface area contributed by atoms with Crippen LogP contribution in [-0.2, 0) is 6.54 Å². The van der Waals surface area contributed by atoms with Crippen LogP contribution < -0.4 is 5.32 Å². The van der Waals surface area contributed by atoms with E-state index in [9.17, 15) is 0 Å². The number of hydrogen-bond acceptors (Lipinski definition) is 3. The number of piperidine rings is 1. The van der Waals surface area contributed by atoms with E-state index < -0.39 is 0 Å². The molecule has 1 aromatic rings. The zero-order valence-electron chi connectivity index (χ0n) is 10.0. The highest BCUT2D eigenvalue weighted by Gasteiger charge is 2.18. The second-order valence-electron chi connectivity index (χ2n) is 4.66. The molecule has 1 unspecified atom stereocenters. The van der Waals surface area contributed by atoms with Crippen molar-refractivity contribution >= 4 is 0 Å². The average molecular weight is 219 g/mol. The molecule has 1 aliphatic heterocycles. The SMILES string of the molecule is CNCC1CCCN(Cc2ccncc2)C1. The normalized spacial score (nSPS) is 22.2. The lowest BCUT2D eigenvalue weighted by molar-refractivity contribution is 0.167. The van der Waals surface area contributed by atoms with Crippen LogP contribution in [0.3, 0.4) is 0 Å². The molecule has 1 aromatic heterocycles. The van der Waals surface area contributed by atoms with Gasteiger partial charge >= 0.3 is 0 Å². The summed E-state index contributed by atoms with van der Waals surface area (Å²) in [5, 5.41) is 3.29. The highest BCUT2D eigenvalue weighted by atomic mass is 15.1. The Labute approximate surface area is 97.9 Å². The van der Waals surface area contributed by atoms with Crippen molar-refractivity contribution in [3.63, 3.8) is 0 Å². The number of likely N-dealkylation sites (tertiary alicyclic amines) is 1. The van der Waals surface area contributed by atoms with Gasteiger partial charge < -0.3 is 5.32 Å². The third-order valence-corrected chi connectivity index (χ3v) is 3.25. The number of hydrogen-bond donors (Lipinski definition) is 1. The van der Waals surface area contributed by atoms with Gasteiger partial charge in [0, 0.05) is 25.5 Å². The van der Waals surface area contributed by atoms with Crippen molar-refractivity contribution in [3.8, 4) is 0 Å². The lowest BCUT2D eigenvalue weighted by Gasteiger charge is -2.32. The molecule has 1 N–H and O–H groups in total. The molecular formula is C13H21N3. The topological polar surface area (TPSA) is 28.2 Å². The first-order valence-corrected chi connectivity index (χ1v) is 6.14. The van der Waals surface area contributed by atoms with Crippen molar-refractivity contribution in [2.45, 2.75) is 19.4 Å². The van der Waals surface area contributed by atoms with Crippen LogP contribution in [0.5, 0.6) is 0 Å². The maximum absolute atomic E-state index is 4.05. The minimum atomic E-state index is 0.820. The molecule has 3 heteroatoms. The molecule has 2 heterocycles. The fraction of sp³-hybridized carbons (Fsp3) is 0.615. The van der Waals surface area contributed by atoms with Crippen LogP contribution >= 0.6 is 0 Å². The van der Waals surface area contributed by atoms with E-state index in [0.717, 1.165) is 19.0 Å². The highest BCUT2D eigenvalue weighted by molar-refractivity contribution is 5.09. The van der Waals surface area contributed by atoms with Crippen LogP contribution in [0.15, 0.2) is 24.5 Å². The van der Waals surface area contributed by atoms with Crippen LogP contribution in [0, 0.1) is 5.92 Å². The fourth-order valence-corrected chi connectivity index (χ4v) is 2.50. The van der Waals surface area contributed by atoms with Gasteiger partial charge in [0.1, 0.15) is 0 Å². The summed E-state index contributed by atoms with van der Waals surface area (Å²) in [7, 11) is 2.04. The van der Waals surface area contributed by atoms with Gasteiger partial charge in [-0.05, 0) is 56.6 Å². The number of aromatic nitrogens is 1. The predicted octanol–water partition coefficient (Wildman–Crippen LogP) is 1.51. The molecule has 1 fully saturated rings. The van der Waals surface area contributed by atoms with Crippen LogP contribution in [0.2, 0.25) is 0 Å². The Morgan fingerprint density at radius 2 is 2.25 bits per heavy atom. The molecule has 0 aromatic carbocycles. The third-order valence-electron chi connectivity index (χ3n) is 3.25. The van der Waals surface area contributed by atoms with Crippen molar-refractivity contribution in [1.29, 1.82) is 0 Å². The Morgan fingerprint density at radius 3 is 3.00 bits per heavy atom. The van der Waals surface area contributed by atoms with E-state index in [2.05, 4.69) is 27.3 Å². The summed E-state index contributed by atoms with van der Waals surface area (Å²) in [5.41, 5.74) is 1.38. The van der Waals surface area contributed by atoms with Crippen LogP contribution in [0.25, 0.3) is 0 Å².